The van der Waals surface area contributed by atoms with Crippen molar-refractivity contribution in [2.75, 3.05) is 52.1 Å². The van der Waals surface area contributed by atoms with Gasteiger partial charge in [-0.2, -0.15) is 4.31 Å². The molecule has 0 aromatic heterocycles. The zero-order chi connectivity index (χ0) is 21.3. The van der Waals surface area contributed by atoms with Gasteiger partial charge in [0.1, 0.15) is 5.82 Å². The number of piperazine rings is 1. The Kier molecular flexibility index (Phi) is 9.32. The van der Waals surface area contributed by atoms with Crippen molar-refractivity contribution in [3.8, 4) is 0 Å². The van der Waals surface area contributed by atoms with Crippen molar-refractivity contribution < 1.29 is 17.5 Å². The maximum atomic E-state index is 13.2. The molecule has 0 spiro atoms. The minimum Gasteiger partial charge on any atom is -0.378 e. The average Bonchev–Trinajstić information content (AvgIpc) is 2.68. The minimum atomic E-state index is -3.30. The molecule has 1 aromatic rings. The summed E-state index contributed by atoms with van der Waals surface area (Å²) in [4.78, 5) is 6.38. The van der Waals surface area contributed by atoms with Crippen molar-refractivity contribution in [3.63, 3.8) is 0 Å². The van der Waals surface area contributed by atoms with Gasteiger partial charge in [-0.05, 0) is 44.4 Å². The molecule has 0 unspecified atom stereocenters. The normalized spacial score (nSPS) is 16.4. The molecular weight excluding hydrogens is 395 g/mol. The van der Waals surface area contributed by atoms with E-state index in [4.69, 9.17) is 4.74 Å². The second-order valence-electron chi connectivity index (χ2n) is 7.33. The maximum absolute atomic E-state index is 13.2. The highest BCUT2D eigenvalue weighted by molar-refractivity contribution is 7.89. The molecule has 1 aliphatic heterocycles. The predicted octanol–water partition coefficient (Wildman–Crippen LogP) is 1.71. The van der Waals surface area contributed by atoms with E-state index in [9.17, 15) is 12.8 Å². The first-order valence-electron chi connectivity index (χ1n) is 10.1. The van der Waals surface area contributed by atoms with Crippen LogP contribution in [-0.2, 0) is 21.2 Å². The summed E-state index contributed by atoms with van der Waals surface area (Å²) < 4.78 is 45.0. The van der Waals surface area contributed by atoms with Crippen molar-refractivity contribution in [3.05, 3.63) is 35.6 Å². The SMILES string of the molecule is CN=C(NCCCc1cccc(F)c1)N1CCN(S(=O)(=O)CCOC(C)C)CC1. The molecule has 0 aliphatic carbocycles. The lowest BCUT2D eigenvalue weighted by Gasteiger charge is -2.35. The van der Waals surface area contributed by atoms with Gasteiger partial charge in [0.05, 0.1) is 18.5 Å². The van der Waals surface area contributed by atoms with E-state index >= 15 is 0 Å². The highest BCUT2D eigenvalue weighted by Crippen LogP contribution is 2.09. The van der Waals surface area contributed by atoms with Crippen molar-refractivity contribution in [1.82, 2.24) is 14.5 Å². The Morgan fingerprint density at radius 1 is 1.28 bits per heavy atom. The molecular formula is C20H33FN4O3S. The van der Waals surface area contributed by atoms with Crippen LogP contribution in [0.2, 0.25) is 0 Å². The average molecular weight is 429 g/mol. The van der Waals surface area contributed by atoms with Gasteiger partial charge < -0.3 is 15.0 Å². The van der Waals surface area contributed by atoms with Crippen LogP contribution in [0, 0.1) is 5.82 Å². The van der Waals surface area contributed by atoms with E-state index in [1.165, 1.54) is 10.4 Å². The van der Waals surface area contributed by atoms with Crippen molar-refractivity contribution in [2.24, 2.45) is 4.99 Å². The number of sulfonamides is 1. The Morgan fingerprint density at radius 2 is 2.00 bits per heavy atom. The fourth-order valence-corrected chi connectivity index (χ4v) is 4.50. The number of guanidine groups is 1. The number of nitrogens with zero attached hydrogens (tertiary/aromatic N) is 3. The van der Waals surface area contributed by atoms with Gasteiger partial charge in [0.15, 0.2) is 5.96 Å². The second-order valence-corrected chi connectivity index (χ2v) is 9.42. The molecule has 1 saturated heterocycles. The molecule has 9 heteroatoms. The highest BCUT2D eigenvalue weighted by atomic mass is 32.2. The number of hydrogen-bond donors (Lipinski definition) is 1. The molecule has 0 bridgehead atoms. The second kappa shape index (κ2) is 11.5. The van der Waals surface area contributed by atoms with E-state index in [1.807, 2.05) is 19.9 Å². The van der Waals surface area contributed by atoms with Gasteiger partial charge in [0, 0.05) is 39.8 Å². The summed E-state index contributed by atoms with van der Waals surface area (Å²) in [5.41, 5.74) is 0.974. The standard InChI is InChI=1S/C20H33FN4O3S/c1-17(2)28-14-15-29(26,27)25-12-10-24(11-13-25)20(22-3)23-9-5-7-18-6-4-8-19(21)16-18/h4,6,8,16-17H,5,7,9-15H2,1-3H3,(H,22,23). The molecule has 0 amide bonds. The van der Waals surface area contributed by atoms with Crippen LogP contribution in [0.25, 0.3) is 0 Å². The van der Waals surface area contributed by atoms with Gasteiger partial charge in [-0.1, -0.05) is 12.1 Å². The summed E-state index contributed by atoms with van der Waals surface area (Å²) in [6, 6.07) is 6.64. The van der Waals surface area contributed by atoms with Crippen molar-refractivity contribution in [1.29, 1.82) is 0 Å². The molecule has 7 nitrogen and oxygen atoms in total. The van der Waals surface area contributed by atoms with Crippen LogP contribution in [0.15, 0.2) is 29.3 Å². The Balaban J connectivity index is 1.73. The number of nitrogens with one attached hydrogen (secondary N) is 1. The summed E-state index contributed by atoms with van der Waals surface area (Å²) in [7, 11) is -1.58. The lowest BCUT2D eigenvalue weighted by molar-refractivity contribution is 0.0904. The van der Waals surface area contributed by atoms with E-state index in [2.05, 4.69) is 15.2 Å². The molecule has 1 heterocycles. The van der Waals surface area contributed by atoms with Crippen molar-refractivity contribution in [2.45, 2.75) is 32.8 Å². The van der Waals surface area contributed by atoms with Gasteiger partial charge in [-0.15, -0.1) is 0 Å². The van der Waals surface area contributed by atoms with Gasteiger partial charge in [0.25, 0.3) is 0 Å². The topological polar surface area (TPSA) is 74.2 Å². The summed E-state index contributed by atoms with van der Waals surface area (Å²) in [5.74, 6) is 0.567. The quantitative estimate of drug-likeness (QED) is 0.368. The number of benzene rings is 1. The predicted molar refractivity (Wildman–Crippen MR) is 114 cm³/mol. The Hall–Kier alpha value is -1.71. The molecule has 29 heavy (non-hydrogen) atoms. The van der Waals surface area contributed by atoms with E-state index < -0.39 is 10.0 Å². The molecule has 0 saturated carbocycles. The van der Waals surface area contributed by atoms with Crippen LogP contribution in [-0.4, -0.2) is 81.8 Å². The Morgan fingerprint density at radius 3 is 2.62 bits per heavy atom. The van der Waals surface area contributed by atoms with Crippen molar-refractivity contribution >= 4 is 16.0 Å². The van der Waals surface area contributed by atoms with E-state index in [0.29, 0.717) is 32.7 Å². The van der Waals surface area contributed by atoms with Crippen LogP contribution in [0.1, 0.15) is 25.8 Å². The fourth-order valence-electron chi connectivity index (χ4n) is 3.21. The van der Waals surface area contributed by atoms with Crippen LogP contribution in [0.4, 0.5) is 4.39 Å². The zero-order valence-electron chi connectivity index (χ0n) is 17.6. The summed E-state index contributed by atoms with van der Waals surface area (Å²) in [6.07, 6.45) is 1.66. The first kappa shape index (κ1) is 23.6. The van der Waals surface area contributed by atoms with Gasteiger partial charge >= 0.3 is 0 Å². The molecule has 1 aliphatic rings. The number of halogens is 1. The van der Waals surface area contributed by atoms with Crippen LogP contribution in [0.5, 0.6) is 0 Å². The molecule has 2 rings (SSSR count). The Bertz CT molecular complexity index is 763. The molecule has 0 atom stereocenters. The smallest absolute Gasteiger partial charge is 0.216 e. The molecule has 1 fully saturated rings. The third kappa shape index (κ3) is 7.91. The first-order chi connectivity index (χ1) is 13.8. The fraction of sp³-hybridized carbons (Fsp3) is 0.650. The van der Waals surface area contributed by atoms with Crippen LogP contribution in [0.3, 0.4) is 0 Å². The Labute approximate surface area is 174 Å². The number of aliphatic imine (C=N–C) groups is 1. The van der Waals surface area contributed by atoms with E-state index in [0.717, 1.165) is 24.4 Å². The number of aryl methyl sites for hydroxylation is 1. The molecule has 1 N–H and O–H groups in total. The number of rotatable bonds is 9. The van der Waals surface area contributed by atoms with E-state index in [-0.39, 0.29) is 24.3 Å². The highest BCUT2D eigenvalue weighted by Gasteiger charge is 2.27. The molecule has 1 aromatic carbocycles. The molecule has 0 radical (unpaired) electrons. The first-order valence-corrected chi connectivity index (χ1v) is 11.7. The van der Waals surface area contributed by atoms with Gasteiger partial charge in [-0.25, -0.2) is 12.8 Å². The third-order valence-electron chi connectivity index (χ3n) is 4.75. The lowest BCUT2D eigenvalue weighted by Crippen LogP contribution is -2.54. The minimum absolute atomic E-state index is 0.0121. The largest absolute Gasteiger partial charge is 0.378 e. The van der Waals surface area contributed by atoms with Crippen LogP contribution >= 0.6 is 0 Å². The van der Waals surface area contributed by atoms with E-state index in [1.54, 1.807) is 19.2 Å². The maximum Gasteiger partial charge on any atom is 0.216 e. The zero-order valence-corrected chi connectivity index (χ0v) is 18.4. The summed E-state index contributed by atoms with van der Waals surface area (Å²) >= 11 is 0. The van der Waals surface area contributed by atoms with Gasteiger partial charge in [-0.3, -0.25) is 4.99 Å². The molecule has 164 valence electrons. The van der Waals surface area contributed by atoms with Gasteiger partial charge in [0.2, 0.25) is 10.0 Å². The summed E-state index contributed by atoms with van der Waals surface area (Å²) in [6.45, 7) is 6.77. The summed E-state index contributed by atoms with van der Waals surface area (Å²) in [5, 5.41) is 3.32. The monoisotopic (exact) mass is 428 g/mol. The lowest BCUT2D eigenvalue weighted by atomic mass is 10.1. The third-order valence-corrected chi connectivity index (χ3v) is 6.58. The number of ether oxygens (including phenoxy) is 1. The van der Waals surface area contributed by atoms with Crippen LogP contribution < -0.4 is 5.32 Å². The number of hydrogen-bond acceptors (Lipinski definition) is 4.